The van der Waals surface area contributed by atoms with Crippen LogP contribution in [0.4, 0.5) is 10.3 Å². The maximum Gasteiger partial charge on any atom is 0.301 e. The summed E-state index contributed by atoms with van der Waals surface area (Å²) < 4.78 is 19.6. The third kappa shape index (κ3) is 3.05. The molecule has 1 amide bonds. The number of rotatable bonds is 4. The van der Waals surface area contributed by atoms with Gasteiger partial charge in [-0.15, -0.1) is 0 Å². The first-order valence-corrected chi connectivity index (χ1v) is 7.99. The molecule has 0 bridgehead atoms. The van der Waals surface area contributed by atoms with Crippen LogP contribution in [-0.2, 0) is 0 Å². The minimum Gasteiger partial charge on any atom is -0.505 e. The molecule has 0 aliphatic heterocycles. The largest absolute Gasteiger partial charge is 0.505 e. The fourth-order valence-corrected chi connectivity index (χ4v) is 2.44. The molecule has 10 nitrogen and oxygen atoms in total. The number of nitrogens with zero attached hydrogens (tertiary/aromatic N) is 7. The lowest BCUT2D eigenvalue weighted by Crippen LogP contribution is -2.30. The Hall–Kier alpha value is -4.15. The average molecular weight is 381 g/mol. The van der Waals surface area contributed by atoms with Crippen molar-refractivity contribution in [2.45, 2.75) is 0 Å². The van der Waals surface area contributed by atoms with Gasteiger partial charge in [-0.3, -0.25) is 9.69 Å². The number of carbonyl (C=O) groups is 1. The van der Waals surface area contributed by atoms with Crippen molar-refractivity contribution in [2.24, 2.45) is 0 Å². The van der Waals surface area contributed by atoms with Gasteiger partial charge in [0.15, 0.2) is 11.6 Å². The van der Waals surface area contributed by atoms with Crippen molar-refractivity contribution in [1.29, 1.82) is 0 Å². The first kappa shape index (κ1) is 17.3. The molecule has 0 unspecified atom stereocenters. The summed E-state index contributed by atoms with van der Waals surface area (Å²) in [6.07, 6.45) is 0. The van der Waals surface area contributed by atoms with E-state index in [1.165, 1.54) is 22.7 Å². The van der Waals surface area contributed by atoms with Crippen molar-refractivity contribution in [3.05, 3.63) is 60.2 Å². The van der Waals surface area contributed by atoms with E-state index in [-0.39, 0.29) is 23.2 Å². The van der Waals surface area contributed by atoms with Gasteiger partial charge in [0.2, 0.25) is 0 Å². The van der Waals surface area contributed by atoms with Gasteiger partial charge < -0.3 is 9.63 Å². The molecular weight excluding hydrogens is 369 g/mol. The Labute approximate surface area is 156 Å². The van der Waals surface area contributed by atoms with E-state index in [4.69, 9.17) is 4.52 Å². The lowest BCUT2D eigenvalue weighted by Gasteiger charge is -2.13. The predicted molar refractivity (Wildman–Crippen MR) is 93.2 cm³/mol. The van der Waals surface area contributed by atoms with Gasteiger partial charge in [0.1, 0.15) is 0 Å². The number of phenols is 1. The molecule has 0 aliphatic rings. The van der Waals surface area contributed by atoms with Crippen molar-refractivity contribution in [1.82, 2.24) is 30.3 Å². The quantitative estimate of drug-likeness (QED) is 0.568. The molecule has 28 heavy (non-hydrogen) atoms. The van der Waals surface area contributed by atoms with Gasteiger partial charge in [-0.25, -0.2) is 4.39 Å². The van der Waals surface area contributed by atoms with Crippen LogP contribution in [0.1, 0.15) is 10.6 Å². The molecule has 0 spiro atoms. The van der Waals surface area contributed by atoms with Gasteiger partial charge in [-0.2, -0.15) is 9.67 Å². The average Bonchev–Trinajstić information content (AvgIpc) is 3.39. The number of hydrogen-bond acceptors (Lipinski definition) is 8. The summed E-state index contributed by atoms with van der Waals surface area (Å²) in [6, 6.07) is 12.6. The molecule has 2 heterocycles. The van der Waals surface area contributed by atoms with E-state index in [0.29, 0.717) is 5.69 Å². The standard InChI is InChI=1S/C17H12FN7O3/c1-24(17-20-22-23-25(17)11-5-3-2-4-6-11)16(27)14-19-15(28-21-14)10-7-8-12(18)13(26)9-10/h2-9,26H,1H3. The zero-order valence-electron chi connectivity index (χ0n) is 14.4. The van der Waals surface area contributed by atoms with Crippen LogP contribution in [0.2, 0.25) is 0 Å². The van der Waals surface area contributed by atoms with Crippen LogP contribution in [-0.4, -0.2) is 48.4 Å². The van der Waals surface area contributed by atoms with Crippen LogP contribution < -0.4 is 4.90 Å². The molecule has 140 valence electrons. The Morgan fingerprint density at radius 3 is 2.75 bits per heavy atom. The minimum atomic E-state index is -0.785. The van der Waals surface area contributed by atoms with Crippen LogP contribution in [0.3, 0.4) is 0 Å². The third-order valence-corrected chi connectivity index (χ3v) is 3.87. The van der Waals surface area contributed by atoms with Crippen LogP contribution in [0.15, 0.2) is 53.1 Å². The van der Waals surface area contributed by atoms with E-state index in [0.717, 1.165) is 12.1 Å². The summed E-state index contributed by atoms with van der Waals surface area (Å²) in [5.74, 6) is -2.11. The summed E-state index contributed by atoms with van der Waals surface area (Å²) in [5.41, 5.74) is 0.931. The summed E-state index contributed by atoms with van der Waals surface area (Å²) in [5, 5.41) is 24.5. The van der Waals surface area contributed by atoms with Crippen molar-refractivity contribution < 1.29 is 18.8 Å². The maximum atomic E-state index is 13.2. The molecule has 2 aromatic carbocycles. The Balaban J connectivity index is 1.62. The monoisotopic (exact) mass is 381 g/mol. The van der Waals surface area contributed by atoms with Crippen LogP contribution in [0, 0.1) is 5.82 Å². The van der Waals surface area contributed by atoms with E-state index in [9.17, 15) is 14.3 Å². The molecule has 11 heteroatoms. The van der Waals surface area contributed by atoms with Crippen molar-refractivity contribution >= 4 is 11.9 Å². The van der Waals surface area contributed by atoms with Crippen LogP contribution in [0.25, 0.3) is 17.1 Å². The predicted octanol–water partition coefficient (Wildman–Crippen LogP) is 1.83. The van der Waals surface area contributed by atoms with Crippen molar-refractivity contribution in [3.63, 3.8) is 0 Å². The van der Waals surface area contributed by atoms with Crippen LogP contribution in [0.5, 0.6) is 5.75 Å². The highest BCUT2D eigenvalue weighted by Gasteiger charge is 2.25. The van der Waals surface area contributed by atoms with E-state index in [2.05, 4.69) is 25.7 Å². The summed E-state index contributed by atoms with van der Waals surface area (Å²) >= 11 is 0. The number of amides is 1. The summed E-state index contributed by atoms with van der Waals surface area (Å²) in [4.78, 5) is 17.9. The Morgan fingerprint density at radius 2 is 2.00 bits per heavy atom. The van der Waals surface area contributed by atoms with Crippen molar-refractivity contribution in [2.75, 3.05) is 11.9 Å². The lowest BCUT2D eigenvalue weighted by molar-refractivity contribution is 0.0978. The number of phenolic OH excluding ortho intramolecular Hbond substituents is 1. The van der Waals surface area contributed by atoms with Gasteiger partial charge in [0, 0.05) is 12.6 Å². The number of aromatic nitrogens is 6. The molecular formula is C17H12FN7O3. The van der Waals surface area contributed by atoms with Crippen molar-refractivity contribution in [3.8, 4) is 22.9 Å². The molecule has 0 saturated heterocycles. The molecule has 2 aromatic heterocycles. The van der Waals surface area contributed by atoms with Gasteiger partial charge in [0.25, 0.3) is 17.7 Å². The third-order valence-electron chi connectivity index (χ3n) is 3.87. The summed E-state index contributed by atoms with van der Waals surface area (Å²) in [7, 11) is 1.47. The van der Waals surface area contributed by atoms with Crippen LogP contribution >= 0.6 is 0 Å². The summed E-state index contributed by atoms with van der Waals surface area (Å²) in [6.45, 7) is 0. The second kappa shape index (κ2) is 6.87. The fourth-order valence-electron chi connectivity index (χ4n) is 2.44. The normalized spacial score (nSPS) is 10.8. The number of benzene rings is 2. The molecule has 0 fully saturated rings. The van der Waals surface area contributed by atoms with Gasteiger partial charge in [-0.05, 0) is 40.8 Å². The SMILES string of the molecule is CN(C(=O)c1noc(-c2ccc(F)c(O)c2)n1)c1nnnn1-c1ccccc1. The smallest absolute Gasteiger partial charge is 0.301 e. The molecule has 1 N–H and O–H groups in total. The van der Waals surface area contributed by atoms with E-state index in [1.807, 2.05) is 18.2 Å². The number of hydrogen-bond donors (Lipinski definition) is 1. The second-order valence-corrected chi connectivity index (χ2v) is 5.68. The van der Waals surface area contributed by atoms with Gasteiger partial charge >= 0.3 is 5.91 Å². The Bertz CT molecular complexity index is 1140. The highest BCUT2D eigenvalue weighted by molar-refractivity contribution is 6.02. The minimum absolute atomic E-state index is 0.0466. The van der Waals surface area contributed by atoms with E-state index >= 15 is 0 Å². The molecule has 0 atom stereocenters. The first-order valence-electron chi connectivity index (χ1n) is 7.99. The highest BCUT2D eigenvalue weighted by Crippen LogP contribution is 2.24. The maximum absolute atomic E-state index is 13.2. The molecule has 0 radical (unpaired) electrons. The topological polar surface area (TPSA) is 123 Å². The number of anilines is 1. The molecule has 4 rings (SSSR count). The second-order valence-electron chi connectivity index (χ2n) is 5.68. The molecule has 4 aromatic rings. The zero-order chi connectivity index (χ0) is 19.7. The molecule has 0 saturated carbocycles. The number of carbonyl (C=O) groups excluding carboxylic acids is 1. The highest BCUT2D eigenvalue weighted by atomic mass is 19.1. The Kier molecular flexibility index (Phi) is 4.24. The van der Waals surface area contributed by atoms with E-state index < -0.39 is 17.5 Å². The Morgan fingerprint density at radius 1 is 1.21 bits per heavy atom. The van der Waals surface area contributed by atoms with Gasteiger partial charge in [-0.1, -0.05) is 28.5 Å². The van der Waals surface area contributed by atoms with E-state index in [1.54, 1.807) is 12.1 Å². The number of aromatic hydroxyl groups is 1. The number of tetrazole rings is 1. The first-order chi connectivity index (χ1) is 13.5. The lowest BCUT2D eigenvalue weighted by atomic mass is 10.2. The molecule has 0 aliphatic carbocycles. The fraction of sp³-hybridized carbons (Fsp3) is 0.0588. The zero-order valence-corrected chi connectivity index (χ0v) is 14.4. The van der Waals surface area contributed by atoms with Gasteiger partial charge in [0.05, 0.1) is 5.69 Å². The number of para-hydroxylation sites is 1. The number of halogens is 1.